The van der Waals surface area contributed by atoms with Gasteiger partial charge in [0.1, 0.15) is 5.82 Å². The van der Waals surface area contributed by atoms with E-state index in [9.17, 15) is 4.39 Å². The molecular formula is C18H22FN. The first-order valence-corrected chi connectivity index (χ1v) is 7.15. The molecule has 0 aliphatic carbocycles. The molecule has 20 heavy (non-hydrogen) atoms. The summed E-state index contributed by atoms with van der Waals surface area (Å²) < 4.78 is 13.7. The van der Waals surface area contributed by atoms with Crippen molar-refractivity contribution in [2.75, 3.05) is 7.05 Å². The molecule has 0 spiro atoms. The van der Waals surface area contributed by atoms with Crippen LogP contribution in [0.4, 0.5) is 4.39 Å². The SMILES string of the molecule is CCc1ccc(CC(NC)c2ccc(C)c(F)c2)cc1. The van der Waals surface area contributed by atoms with Crippen molar-refractivity contribution in [1.29, 1.82) is 0 Å². The lowest BCUT2D eigenvalue weighted by Gasteiger charge is -2.17. The van der Waals surface area contributed by atoms with Crippen LogP contribution in [-0.4, -0.2) is 7.05 Å². The highest BCUT2D eigenvalue weighted by atomic mass is 19.1. The van der Waals surface area contributed by atoms with E-state index < -0.39 is 0 Å². The van der Waals surface area contributed by atoms with E-state index >= 15 is 0 Å². The van der Waals surface area contributed by atoms with Crippen molar-refractivity contribution in [3.05, 3.63) is 70.5 Å². The molecule has 2 rings (SSSR count). The molecule has 2 aromatic rings. The number of halogens is 1. The van der Waals surface area contributed by atoms with Gasteiger partial charge in [0, 0.05) is 6.04 Å². The molecule has 1 nitrogen and oxygen atoms in total. The second-order valence-corrected chi connectivity index (χ2v) is 5.22. The Balaban J connectivity index is 2.16. The average molecular weight is 271 g/mol. The van der Waals surface area contributed by atoms with Gasteiger partial charge >= 0.3 is 0 Å². The van der Waals surface area contributed by atoms with Gasteiger partial charge in [-0.3, -0.25) is 0 Å². The summed E-state index contributed by atoms with van der Waals surface area (Å²) in [6.07, 6.45) is 1.92. The lowest BCUT2D eigenvalue weighted by molar-refractivity contribution is 0.574. The lowest BCUT2D eigenvalue weighted by atomic mass is 9.97. The van der Waals surface area contributed by atoms with Gasteiger partial charge in [0.25, 0.3) is 0 Å². The molecule has 0 amide bonds. The predicted octanol–water partition coefficient (Wildman–Crippen LogP) is 4.20. The normalized spacial score (nSPS) is 12.4. The molecule has 106 valence electrons. The average Bonchev–Trinajstić information content (AvgIpc) is 2.48. The molecule has 2 aromatic carbocycles. The quantitative estimate of drug-likeness (QED) is 0.859. The van der Waals surface area contributed by atoms with E-state index in [1.54, 1.807) is 13.0 Å². The molecule has 1 N–H and O–H groups in total. The van der Waals surface area contributed by atoms with Gasteiger partial charge in [0.05, 0.1) is 0 Å². The van der Waals surface area contributed by atoms with Crippen molar-refractivity contribution >= 4 is 0 Å². The summed E-state index contributed by atoms with van der Waals surface area (Å²) in [4.78, 5) is 0. The Morgan fingerprint density at radius 3 is 2.25 bits per heavy atom. The van der Waals surface area contributed by atoms with Crippen molar-refractivity contribution in [2.24, 2.45) is 0 Å². The Morgan fingerprint density at radius 1 is 1.05 bits per heavy atom. The minimum Gasteiger partial charge on any atom is -0.313 e. The fourth-order valence-electron chi connectivity index (χ4n) is 2.36. The number of aryl methyl sites for hydroxylation is 2. The molecule has 0 saturated heterocycles. The largest absolute Gasteiger partial charge is 0.313 e. The predicted molar refractivity (Wildman–Crippen MR) is 82.5 cm³/mol. The van der Waals surface area contributed by atoms with Gasteiger partial charge in [0.15, 0.2) is 0 Å². The first kappa shape index (κ1) is 14.7. The molecule has 1 unspecified atom stereocenters. The fourth-order valence-corrected chi connectivity index (χ4v) is 2.36. The van der Waals surface area contributed by atoms with Crippen molar-refractivity contribution in [1.82, 2.24) is 5.32 Å². The first-order valence-electron chi connectivity index (χ1n) is 7.15. The standard InChI is InChI=1S/C18H22FN/c1-4-14-6-8-15(9-7-14)11-18(20-3)16-10-5-13(2)17(19)12-16/h5-10,12,18,20H,4,11H2,1-3H3. The van der Waals surface area contributed by atoms with Crippen LogP contribution in [0.2, 0.25) is 0 Å². The Hall–Kier alpha value is -1.67. The van der Waals surface area contributed by atoms with E-state index in [-0.39, 0.29) is 11.9 Å². The molecule has 0 aliphatic rings. The zero-order chi connectivity index (χ0) is 14.5. The minimum absolute atomic E-state index is 0.135. The van der Waals surface area contributed by atoms with Crippen LogP contribution < -0.4 is 5.32 Å². The van der Waals surface area contributed by atoms with E-state index in [1.807, 2.05) is 19.2 Å². The molecule has 0 saturated carbocycles. The van der Waals surface area contributed by atoms with Crippen LogP contribution in [0.25, 0.3) is 0 Å². The molecule has 0 aliphatic heterocycles. The van der Waals surface area contributed by atoms with Gasteiger partial charge in [-0.1, -0.05) is 43.3 Å². The fraction of sp³-hybridized carbons (Fsp3) is 0.333. The monoisotopic (exact) mass is 271 g/mol. The first-order chi connectivity index (χ1) is 9.63. The molecular weight excluding hydrogens is 249 g/mol. The summed E-state index contributed by atoms with van der Waals surface area (Å²) in [5.41, 5.74) is 4.30. The second-order valence-electron chi connectivity index (χ2n) is 5.22. The second kappa shape index (κ2) is 6.67. The highest BCUT2D eigenvalue weighted by Crippen LogP contribution is 2.21. The Bertz CT molecular complexity index is 560. The minimum atomic E-state index is -0.135. The van der Waals surface area contributed by atoms with Crippen LogP contribution in [0, 0.1) is 12.7 Å². The van der Waals surface area contributed by atoms with Gasteiger partial charge in [-0.2, -0.15) is 0 Å². The summed E-state index contributed by atoms with van der Waals surface area (Å²) in [5.74, 6) is -0.135. The Morgan fingerprint density at radius 2 is 1.70 bits per heavy atom. The molecule has 0 aromatic heterocycles. The topological polar surface area (TPSA) is 12.0 Å². The summed E-state index contributed by atoms with van der Waals surface area (Å²) in [6.45, 7) is 3.94. The molecule has 0 heterocycles. The third-order valence-electron chi connectivity index (χ3n) is 3.82. The van der Waals surface area contributed by atoms with Crippen molar-refractivity contribution in [3.8, 4) is 0 Å². The van der Waals surface area contributed by atoms with Gasteiger partial charge < -0.3 is 5.32 Å². The van der Waals surface area contributed by atoms with Crippen molar-refractivity contribution in [2.45, 2.75) is 32.7 Å². The van der Waals surface area contributed by atoms with Crippen LogP contribution >= 0.6 is 0 Å². The van der Waals surface area contributed by atoms with E-state index in [0.717, 1.165) is 18.4 Å². The number of likely N-dealkylation sites (N-methyl/N-ethyl adjacent to an activating group) is 1. The molecule has 2 heteroatoms. The third-order valence-corrected chi connectivity index (χ3v) is 3.82. The third kappa shape index (κ3) is 3.45. The molecule has 0 radical (unpaired) electrons. The number of hydrogen-bond acceptors (Lipinski definition) is 1. The van der Waals surface area contributed by atoms with Gasteiger partial charge in [-0.15, -0.1) is 0 Å². The van der Waals surface area contributed by atoms with Crippen LogP contribution in [-0.2, 0) is 12.8 Å². The van der Waals surface area contributed by atoms with Crippen LogP contribution in [0.5, 0.6) is 0 Å². The van der Waals surface area contributed by atoms with Crippen molar-refractivity contribution < 1.29 is 4.39 Å². The van der Waals surface area contributed by atoms with Crippen molar-refractivity contribution in [3.63, 3.8) is 0 Å². The van der Waals surface area contributed by atoms with E-state index in [1.165, 1.54) is 11.1 Å². The lowest BCUT2D eigenvalue weighted by Crippen LogP contribution is -2.19. The smallest absolute Gasteiger partial charge is 0.126 e. The summed E-state index contributed by atoms with van der Waals surface area (Å²) in [7, 11) is 1.92. The van der Waals surface area contributed by atoms with Gasteiger partial charge in [0.2, 0.25) is 0 Å². The molecule has 1 atom stereocenters. The highest BCUT2D eigenvalue weighted by molar-refractivity contribution is 5.29. The summed E-state index contributed by atoms with van der Waals surface area (Å²) >= 11 is 0. The summed E-state index contributed by atoms with van der Waals surface area (Å²) in [6, 6.07) is 14.3. The van der Waals surface area contributed by atoms with E-state index in [2.05, 4.69) is 36.5 Å². The number of hydrogen-bond donors (Lipinski definition) is 1. The van der Waals surface area contributed by atoms with E-state index in [0.29, 0.717) is 5.56 Å². The van der Waals surface area contributed by atoms with Gasteiger partial charge in [-0.25, -0.2) is 4.39 Å². The van der Waals surface area contributed by atoms with Crippen LogP contribution in [0.1, 0.15) is 35.2 Å². The zero-order valence-electron chi connectivity index (χ0n) is 12.4. The van der Waals surface area contributed by atoms with Crippen LogP contribution in [0.3, 0.4) is 0 Å². The maximum atomic E-state index is 13.7. The van der Waals surface area contributed by atoms with E-state index in [4.69, 9.17) is 0 Å². The number of nitrogens with one attached hydrogen (secondary N) is 1. The summed E-state index contributed by atoms with van der Waals surface area (Å²) in [5, 5.41) is 3.28. The maximum Gasteiger partial charge on any atom is 0.126 e. The Kier molecular flexibility index (Phi) is 4.91. The number of benzene rings is 2. The zero-order valence-corrected chi connectivity index (χ0v) is 12.4. The van der Waals surface area contributed by atoms with Crippen LogP contribution in [0.15, 0.2) is 42.5 Å². The Labute approximate surface area is 120 Å². The number of rotatable bonds is 5. The van der Waals surface area contributed by atoms with Gasteiger partial charge in [-0.05, 0) is 55.1 Å². The maximum absolute atomic E-state index is 13.7. The molecule has 0 fully saturated rings. The molecule has 0 bridgehead atoms. The highest BCUT2D eigenvalue weighted by Gasteiger charge is 2.11.